The first-order valence-corrected chi connectivity index (χ1v) is 10.3. The first-order chi connectivity index (χ1) is 15.0. The van der Waals surface area contributed by atoms with Crippen LogP contribution in [0.15, 0.2) is 47.5 Å². The summed E-state index contributed by atoms with van der Waals surface area (Å²) in [5.41, 5.74) is 8.77. The number of fused-ring (bicyclic) bond motifs is 1. The number of aryl methyl sites for hydroxylation is 2. The minimum absolute atomic E-state index is 0.192. The number of hydrogen-bond donors (Lipinski definition) is 3. The van der Waals surface area contributed by atoms with Gasteiger partial charge in [-0.15, -0.1) is 0 Å². The number of nitrogen functional groups attached to an aromatic ring is 1. The van der Waals surface area contributed by atoms with Crippen molar-refractivity contribution >= 4 is 17.5 Å². The molecule has 4 rings (SSSR count). The number of rotatable bonds is 7. The fraction of sp³-hybridized carbons (Fsp3) is 0.318. The van der Waals surface area contributed by atoms with Gasteiger partial charge in [0.2, 0.25) is 5.91 Å². The molecule has 1 atom stereocenters. The minimum Gasteiger partial charge on any atom is -0.384 e. The number of nitrogens with one attached hydrogen (secondary N) is 2. The molecule has 1 amide bonds. The van der Waals surface area contributed by atoms with E-state index in [4.69, 9.17) is 5.73 Å². The standard InChI is InChI=1S/C22H25N7O2/c1-14-15(5-8-19(23)28-14)12-27-21(30)18-7-6-17-13-26-20(22(31)29(17)18)25-11-9-16-4-2-3-10-24-16/h2-5,8,10,13,18H,6-7,9,11-12H2,1H3,(H2,23,28)(H,25,26)(H,27,30)/t18-/m0/s1. The van der Waals surface area contributed by atoms with Crippen molar-refractivity contribution in [1.82, 2.24) is 24.8 Å². The Hall–Kier alpha value is -3.75. The highest BCUT2D eigenvalue weighted by Gasteiger charge is 2.30. The van der Waals surface area contributed by atoms with Crippen LogP contribution in [0.25, 0.3) is 0 Å². The number of anilines is 2. The number of carbonyl (C=O) groups is 1. The lowest BCUT2D eigenvalue weighted by molar-refractivity contribution is -0.124. The summed E-state index contributed by atoms with van der Waals surface area (Å²) in [7, 11) is 0. The predicted octanol–water partition coefficient (Wildman–Crippen LogP) is 1.38. The molecule has 9 heteroatoms. The van der Waals surface area contributed by atoms with Gasteiger partial charge in [0.25, 0.3) is 5.56 Å². The van der Waals surface area contributed by atoms with Gasteiger partial charge in [-0.05, 0) is 43.5 Å². The van der Waals surface area contributed by atoms with Gasteiger partial charge in [-0.25, -0.2) is 9.97 Å². The smallest absolute Gasteiger partial charge is 0.294 e. The zero-order valence-electron chi connectivity index (χ0n) is 17.3. The van der Waals surface area contributed by atoms with E-state index in [1.54, 1.807) is 23.0 Å². The normalized spacial score (nSPS) is 14.8. The van der Waals surface area contributed by atoms with E-state index in [-0.39, 0.29) is 17.3 Å². The van der Waals surface area contributed by atoms with Crippen molar-refractivity contribution in [1.29, 1.82) is 0 Å². The first kappa shape index (κ1) is 20.5. The second-order valence-electron chi connectivity index (χ2n) is 7.52. The van der Waals surface area contributed by atoms with E-state index in [0.717, 1.165) is 22.6 Å². The largest absolute Gasteiger partial charge is 0.384 e. The van der Waals surface area contributed by atoms with Crippen LogP contribution in [0.3, 0.4) is 0 Å². The van der Waals surface area contributed by atoms with Crippen LogP contribution in [-0.2, 0) is 24.2 Å². The molecular weight excluding hydrogens is 394 g/mol. The highest BCUT2D eigenvalue weighted by Crippen LogP contribution is 2.24. The van der Waals surface area contributed by atoms with Crippen LogP contribution in [0.2, 0.25) is 0 Å². The second-order valence-corrected chi connectivity index (χ2v) is 7.52. The van der Waals surface area contributed by atoms with Crippen LogP contribution in [0.4, 0.5) is 11.6 Å². The predicted molar refractivity (Wildman–Crippen MR) is 118 cm³/mol. The zero-order chi connectivity index (χ0) is 21.8. The number of nitrogens with two attached hydrogens (primary N) is 1. The third-order valence-corrected chi connectivity index (χ3v) is 5.43. The highest BCUT2D eigenvalue weighted by molar-refractivity contribution is 5.81. The number of amides is 1. The zero-order valence-corrected chi connectivity index (χ0v) is 17.3. The van der Waals surface area contributed by atoms with Gasteiger partial charge in [0.05, 0.1) is 0 Å². The maximum absolute atomic E-state index is 13.0. The Morgan fingerprint density at radius 3 is 2.90 bits per heavy atom. The highest BCUT2D eigenvalue weighted by atomic mass is 16.2. The van der Waals surface area contributed by atoms with Crippen LogP contribution in [0, 0.1) is 6.92 Å². The van der Waals surface area contributed by atoms with E-state index in [2.05, 4.69) is 25.6 Å². The molecular formula is C22H25N7O2. The van der Waals surface area contributed by atoms with Gasteiger partial charge in [0.1, 0.15) is 11.9 Å². The van der Waals surface area contributed by atoms with Crippen molar-refractivity contribution in [3.8, 4) is 0 Å². The van der Waals surface area contributed by atoms with Gasteiger partial charge in [0, 0.05) is 49.0 Å². The third kappa shape index (κ3) is 4.55. The van der Waals surface area contributed by atoms with E-state index in [0.29, 0.717) is 38.2 Å². The molecule has 0 unspecified atom stereocenters. The molecule has 0 aliphatic carbocycles. The number of carbonyl (C=O) groups excluding carboxylic acids is 1. The monoisotopic (exact) mass is 419 g/mol. The van der Waals surface area contributed by atoms with Crippen molar-refractivity contribution < 1.29 is 4.79 Å². The molecule has 31 heavy (non-hydrogen) atoms. The molecule has 1 aliphatic heterocycles. The van der Waals surface area contributed by atoms with Crippen LogP contribution in [0.5, 0.6) is 0 Å². The van der Waals surface area contributed by atoms with Crippen molar-refractivity contribution in [2.45, 2.75) is 38.8 Å². The van der Waals surface area contributed by atoms with Gasteiger partial charge in [-0.3, -0.25) is 19.1 Å². The molecule has 1 aliphatic rings. The Labute approximate surface area is 179 Å². The van der Waals surface area contributed by atoms with Crippen molar-refractivity contribution in [2.24, 2.45) is 0 Å². The average molecular weight is 419 g/mol. The van der Waals surface area contributed by atoms with Crippen LogP contribution in [0.1, 0.15) is 35.1 Å². The Balaban J connectivity index is 1.43. The summed E-state index contributed by atoms with van der Waals surface area (Å²) in [5, 5.41) is 6.01. The molecule has 4 N–H and O–H groups in total. The summed E-state index contributed by atoms with van der Waals surface area (Å²) in [6.07, 6.45) is 5.29. The molecule has 0 radical (unpaired) electrons. The lowest BCUT2D eigenvalue weighted by Gasteiger charge is -2.16. The fourth-order valence-electron chi connectivity index (χ4n) is 3.76. The Bertz CT molecular complexity index is 1140. The van der Waals surface area contributed by atoms with Gasteiger partial charge >= 0.3 is 0 Å². The van der Waals surface area contributed by atoms with E-state index < -0.39 is 6.04 Å². The van der Waals surface area contributed by atoms with Gasteiger partial charge in [-0.1, -0.05) is 12.1 Å². The molecule has 0 saturated carbocycles. The molecule has 3 aromatic rings. The number of hydrogen-bond acceptors (Lipinski definition) is 7. The fourth-order valence-corrected chi connectivity index (χ4v) is 3.76. The quantitative estimate of drug-likeness (QED) is 0.528. The van der Waals surface area contributed by atoms with Crippen LogP contribution in [-0.4, -0.2) is 32.0 Å². The number of pyridine rings is 2. The average Bonchev–Trinajstić information content (AvgIpc) is 3.20. The maximum atomic E-state index is 13.0. The van der Waals surface area contributed by atoms with Gasteiger partial charge in [0.15, 0.2) is 5.82 Å². The van der Waals surface area contributed by atoms with E-state index in [1.165, 1.54) is 0 Å². The molecule has 3 aromatic heterocycles. The Morgan fingerprint density at radius 2 is 2.13 bits per heavy atom. The molecule has 0 spiro atoms. The SMILES string of the molecule is Cc1nc(N)ccc1CNC(=O)[C@@H]1CCc2cnc(NCCc3ccccn3)c(=O)n21. The summed E-state index contributed by atoms with van der Waals surface area (Å²) in [4.78, 5) is 38.6. The Kier molecular flexibility index (Phi) is 5.92. The second kappa shape index (κ2) is 8.95. The van der Waals surface area contributed by atoms with E-state index in [1.807, 2.05) is 31.2 Å². The molecule has 160 valence electrons. The van der Waals surface area contributed by atoms with E-state index in [9.17, 15) is 9.59 Å². The van der Waals surface area contributed by atoms with Crippen molar-refractivity contribution in [2.75, 3.05) is 17.6 Å². The summed E-state index contributed by atoms with van der Waals surface area (Å²) in [5.74, 6) is 0.500. The van der Waals surface area contributed by atoms with E-state index >= 15 is 0 Å². The minimum atomic E-state index is -0.552. The van der Waals surface area contributed by atoms with Crippen LogP contribution < -0.4 is 21.9 Å². The Morgan fingerprint density at radius 1 is 1.26 bits per heavy atom. The van der Waals surface area contributed by atoms with Crippen LogP contribution >= 0.6 is 0 Å². The first-order valence-electron chi connectivity index (χ1n) is 10.3. The lowest BCUT2D eigenvalue weighted by atomic mass is 10.1. The van der Waals surface area contributed by atoms with Crippen molar-refractivity contribution in [3.05, 3.63) is 75.7 Å². The summed E-state index contributed by atoms with van der Waals surface area (Å²) < 4.78 is 1.56. The molecule has 0 fully saturated rings. The summed E-state index contributed by atoms with van der Waals surface area (Å²) in [6.45, 7) is 2.71. The molecule has 9 nitrogen and oxygen atoms in total. The van der Waals surface area contributed by atoms with Crippen molar-refractivity contribution in [3.63, 3.8) is 0 Å². The molecule has 0 aromatic carbocycles. The number of aromatic nitrogens is 4. The molecule has 0 bridgehead atoms. The third-order valence-electron chi connectivity index (χ3n) is 5.43. The maximum Gasteiger partial charge on any atom is 0.294 e. The summed E-state index contributed by atoms with van der Waals surface area (Å²) >= 11 is 0. The molecule has 4 heterocycles. The molecule has 0 saturated heterocycles. The van der Waals surface area contributed by atoms with Gasteiger partial charge < -0.3 is 16.4 Å². The number of nitrogens with zero attached hydrogens (tertiary/aromatic N) is 4. The van der Waals surface area contributed by atoms with Gasteiger partial charge in [-0.2, -0.15) is 0 Å². The summed E-state index contributed by atoms with van der Waals surface area (Å²) in [6, 6.07) is 8.73. The topological polar surface area (TPSA) is 128 Å². The lowest BCUT2D eigenvalue weighted by Crippen LogP contribution is -2.36.